The first-order valence-electron chi connectivity index (χ1n) is 6.09. The second-order valence-electron chi connectivity index (χ2n) is 5.60. The van der Waals surface area contributed by atoms with Crippen LogP contribution in [0.2, 0.25) is 0 Å². The number of nitrogens with two attached hydrogens (primary N) is 1. The molecule has 1 heterocycles. The summed E-state index contributed by atoms with van der Waals surface area (Å²) in [4.78, 5) is 4.46. The summed E-state index contributed by atoms with van der Waals surface area (Å²) in [6.07, 6.45) is -4.59. The van der Waals surface area contributed by atoms with E-state index in [4.69, 9.17) is 5.84 Å². The van der Waals surface area contributed by atoms with Gasteiger partial charge < -0.3 is 0 Å². The van der Waals surface area contributed by atoms with E-state index in [2.05, 4.69) is 10.4 Å². The molecule has 0 saturated carbocycles. The van der Waals surface area contributed by atoms with E-state index in [1.807, 2.05) is 26.2 Å². The molecule has 1 atom stereocenters. The molecule has 0 aromatic carbocycles. The van der Waals surface area contributed by atoms with Gasteiger partial charge in [0.05, 0.1) is 10.7 Å². The first kappa shape index (κ1) is 16.4. The molecule has 0 aliphatic rings. The highest BCUT2D eigenvalue weighted by atomic mass is 32.1. The topological polar surface area (TPSA) is 50.9 Å². The van der Waals surface area contributed by atoms with Crippen LogP contribution in [0.25, 0.3) is 0 Å². The van der Waals surface area contributed by atoms with Crippen LogP contribution in [0.15, 0.2) is 5.38 Å². The van der Waals surface area contributed by atoms with Crippen LogP contribution in [-0.4, -0.2) is 17.2 Å². The summed E-state index contributed by atoms with van der Waals surface area (Å²) in [5.41, 5.74) is 3.35. The van der Waals surface area contributed by atoms with Gasteiger partial charge in [0.1, 0.15) is 0 Å². The lowest BCUT2D eigenvalue weighted by atomic mass is 9.93. The van der Waals surface area contributed by atoms with Gasteiger partial charge >= 0.3 is 6.18 Å². The van der Waals surface area contributed by atoms with Gasteiger partial charge in [-0.1, -0.05) is 20.8 Å². The van der Waals surface area contributed by atoms with E-state index in [0.717, 1.165) is 10.7 Å². The van der Waals surface area contributed by atoms with Crippen molar-refractivity contribution in [1.29, 1.82) is 0 Å². The standard InChI is InChI=1S/C12H20F3N3S/c1-11(2,3)9-7-19-10(17-9)6-8(18-16)4-5-12(13,14)15/h7-8,18H,4-6,16H2,1-3H3. The molecule has 0 radical (unpaired) electrons. The monoisotopic (exact) mass is 295 g/mol. The molecule has 0 bridgehead atoms. The molecule has 0 saturated heterocycles. The number of hydrogen-bond acceptors (Lipinski definition) is 4. The van der Waals surface area contributed by atoms with Crippen molar-refractivity contribution in [2.24, 2.45) is 5.84 Å². The predicted octanol–water partition coefficient (Wildman–Crippen LogP) is 3.16. The molecule has 1 unspecified atom stereocenters. The third-order valence-electron chi connectivity index (χ3n) is 2.75. The molecule has 0 spiro atoms. The first-order valence-corrected chi connectivity index (χ1v) is 6.97. The van der Waals surface area contributed by atoms with E-state index in [-0.39, 0.29) is 11.8 Å². The molecule has 1 aromatic heterocycles. The lowest BCUT2D eigenvalue weighted by Gasteiger charge is -2.16. The minimum Gasteiger partial charge on any atom is -0.271 e. The Bertz CT molecular complexity index is 396. The third-order valence-corrected chi connectivity index (χ3v) is 3.62. The van der Waals surface area contributed by atoms with Crippen LogP contribution >= 0.6 is 11.3 Å². The van der Waals surface area contributed by atoms with Gasteiger partial charge in [-0.3, -0.25) is 11.3 Å². The number of rotatable bonds is 5. The van der Waals surface area contributed by atoms with Crippen molar-refractivity contribution in [2.45, 2.75) is 57.7 Å². The third kappa shape index (κ3) is 5.88. The van der Waals surface area contributed by atoms with Crippen LogP contribution < -0.4 is 11.3 Å². The Morgan fingerprint density at radius 3 is 2.42 bits per heavy atom. The van der Waals surface area contributed by atoms with Crippen LogP contribution in [0.1, 0.15) is 44.3 Å². The van der Waals surface area contributed by atoms with Crippen molar-refractivity contribution in [2.75, 3.05) is 0 Å². The summed E-state index contributed by atoms with van der Waals surface area (Å²) in [6, 6.07) is -0.402. The Balaban J connectivity index is 2.59. The Kier molecular flexibility index (Phi) is 5.34. The van der Waals surface area contributed by atoms with Crippen molar-refractivity contribution in [1.82, 2.24) is 10.4 Å². The second-order valence-corrected chi connectivity index (χ2v) is 6.54. The summed E-state index contributed by atoms with van der Waals surface area (Å²) in [6.45, 7) is 6.15. The van der Waals surface area contributed by atoms with E-state index < -0.39 is 18.6 Å². The van der Waals surface area contributed by atoms with Gasteiger partial charge in [0, 0.05) is 29.7 Å². The van der Waals surface area contributed by atoms with Crippen LogP contribution in [0, 0.1) is 0 Å². The van der Waals surface area contributed by atoms with E-state index >= 15 is 0 Å². The second kappa shape index (κ2) is 6.19. The molecule has 110 valence electrons. The number of aromatic nitrogens is 1. The fourth-order valence-electron chi connectivity index (χ4n) is 1.54. The van der Waals surface area contributed by atoms with Gasteiger partial charge in [-0.15, -0.1) is 11.3 Å². The minimum absolute atomic E-state index is 0.0373. The molecule has 3 nitrogen and oxygen atoms in total. The summed E-state index contributed by atoms with van der Waals surface area (Å²) in [5, 5.41) is 2.77. The minimum atomic E-state index is -4.14. The lowest BCUT2D eigenvalue weighted by molar-refractivity contribution is -0.136. The average Bonchev–Trinajstić information content (AvgIpc) is 2.70. The summed E-state index contributed by atoms with van der Waals surface area (Å²) < 4.78 is 36.5. The summed E-state index contributed by atoms with van der Waals surface area (Å²) in [5.74, 6) is 5.30. The van der Waals surface area contributed by atoms with Gasteiger partial charge in [0.2, 0.25) is 0 Å². The van der Waals surface area contributed by atoms with Gasteiger partial charge in [0.15, 0.2) is 0 Å². The predicted molar refractivity (Wildman–Crippen MR) is 70.9 cm³/mol. The molecule has 0 aliphatic carbocycles. The molecule has 0 amide bonds. The van der Waals surface area contributed by atoms with Gasteiger partial charge in [-0.2, -0.15) is 13.2 Å². The zero-order chi connectivity index (χ0) is 14.7. The summed E-state index contributed by atoms with van der Waals surface area (Å²) >= 11 is 1.47. The van der Waals surface area contributed by atoms with Gasteiger partial charge in [-0.25, -0.2) is 4.98 Å². The van der Waals surface area contributed by atoms with Crippen molar-refractivity contribution in [3.63, 3.8) is 0 Å². The number of nitrogens with zero attached hydrogens (tertiary/aromatic N) is 1. The Labute approximate surface area is 115 Å². The Morgan fingerprint density at radius 2 is 2.00 bits per heavy atom. The molecular formula is C12H20F3N3S. The maximum atomic E-state index is 12.2. The molecule has 7 heteroatoms. The molecular weight excluding hydrogens is 275 g/mol. The zero-order valence-electron chi connectivity index (χ0n) is 11.3. The number of hydrogen-bond donors (Lipinski definition) is 2. The highest BCUT2D eigenvalue weighted by Gasteiger charge is 2.28. The fourth-order valence-corrected chi connectivity index (χ4v) is 2.64. The molecule has 0 fully saturated rings. The van der Waals surface area contributed by atoms with E-state index in [1.165, 1.54) is 11.3 Å². The maximum Gasteiger partial charge on any atom is 0.389 e. The normalized spacial score (nSPS) is 14.7. The zero-order valence-corrected chi connectivity index (χ0v) is 12.2. The van der Waals surface area contributed by atoms with Crippen LogP contribution in [0.4, 0.5) is 13.2 Å². The number of hydrazine groups is 1. The Morgan fingerprint density at radius 1 is 1.37 bits per heavy atom. The van der Waals surface area contributed by atoms with Crippen LogP contribution in [0.3, 0.4) is 0 Å². The van der Waals surface area contributed by atoms with E-state index in [1.54, 1.807) is 0 Å². The SMILES string of the molecule is CC(C)(C)c1csc(CC(CCC(F)(F)F)NN)n1. The lowest BCUT2D eigenvalue weighted by Crippen LogP contribution is -2.37. The highest BCUT2D eigenvalue weighted by Crippen LogP contribution is 2.26. The van der Waals surface area contributed by atoms with Crippen molar-refractivity contribution < 1.29 is 13.2 Å². The molecule has 1 aromatic rings. The average molecular weight is 295 g/mol. The van der Waals surface area contributed by atoms with Gasteiger partial charge in [-0.05, 0) is 6.42 Å². The van der Waals surface area contributed by atoms with E-state index in [9.17, 15) is 13.2 Å². The molecule has 1 rings (SSSR count). The quantitative estimate of drug-likeness (QED) is 0.648. The summed E-state index contributed by atoms with van der Waals surface area (Å²) in [7, 11) is 0. The van der Waals surface area contributed by atoms with Crippen molar-refractivity contribution in [3.8, 4) is 0 Å². The number of alkyl halides is 3. The largest absolute Gasteiger partial charge is 0.389 e. The van der Waals surface area contributed by atoms with Crippen molar-refractivity contribution in [3.05, 3.63) is 16.1 Å². The van der Waals surface area contributed by atoms with Crippen LogP contribution in [0.5, 0.6) is 0 Å². The first-order chi connectivity index (χ1) is 8.62. The van der Waals surface area contributed by atoms with Crippen LogP contribution in [-0.2, 0) is 11.8 Å². The number of thiazole rings is 1. The molecule has 0 aliphatic heterocycles. The molecule has 3 N–H and O–H groups in total. The van der Waals surface area contributed by atoms with Gasteiger partial charge in [0.25, 0.3) is 0 Å². The smallest absolute Gasteiger partial charge is 0.271 e. The fraction of sp³-hybridized carbons (Fsp3) is 0.750. The number of nitrogens with one attached hydrogen (secondary N) is 1. The van der Waals surface area contributed by atoms with Crippen molar-refractivity contribution >= 4 is 11.3 Å². The molecule has 19 heavy (non-hydrogen) atoms. The highest BCUT2D eigenvalue weighted by molar-refractivity contribution is 7.09. The maximum absolute atomic E-state index is 12.2. The number of halogens is 3. The van der Waals surface area contributed by atoms with E-state index in [0.29, 0.717) is 6.42 Å². The Hall–Kier alpha value is -0.660.